The van der Waals surface area contributed by atoms with Crippen molar-refractivity contribution in [2.45, 2.75) is 10.8 Å². The number of rotatable bonds is 3. The van der Waals surface area contributed by atoms with Gasteiger partial charge in [0.25, 0.3) is 0 Å². The molecule has 1 nitrogen and oxygen atoms in total. The molecule has 0 aromatic heterocycles. The van der Waals surface area contributed by atoms with Crippen molar-refractivity contribution >= 4 is 10.8 Å². The Labute approximate surface area is 320 Å². The quantitative estimate of drug-likeness (QED) is 0.178. The molecule has 0 radical (unpaired) electrons. The maximum absolute atomic E-state index is 7.00. The lowest BCUT2D eigenvalue weighted by molar-refractivity contribution is 0.434. The van der Waals surface area contributed by atoms with Crippen LogP contribution in [0.5, 0.6) is 11.5 Å². The fourth-order valence-electron chi connectivity index (χ4n) is 10.5. The van der Waals surface area contributed by atoms with Crippen LogP contribution in [0, 0.1) is 0 Å². The Morgan fingerprint density at radius 3 is 1.53 bits per heavy atom. The molecule has 2 aliphatic carbocycles. The van der Waals surface area contributed by atoms with Crippen molar-refractivity contribution in [3.8, 4) is 44.9 Å². The standard InChI is InChI=1S/C54H34O/c1-3-18-38(19-4-1)53(39-20-5-2-6-21-39)47-28-13-14-29-50(47)55-51-34-37(30-31-48(51)53)40-24-15-25-43-41-22-9-11-26-45(41)54(52(40)43)46-27-12-10-23-42(46)44-32-35-16-7-8-17-36(35)33-49(44)54/h1-34H. The molecule has 1 unspecified atom stereocenters. The smallest absolute Gasteiger partial charge is 0.132 e. The Hall–Kier alpha value is -6.96. The molecular weight excluding hydrogens is 665 g/mol. The van der Waals surface area contributed by atoms with Gasteiger partial charge in [0.2, 0.25) is 0 Å². The van der Waals surface area contributed by atoms with Crippen LogP contribution in [-0.4, -0.2) is 0 Å². The molecule has 9 aromatic rings. The van der Waals surface area contributed by atoms with Crippen molar-refractivity contribution in [1.82, 2.24) is 0 Å². The number of benzene rings is 9. The highest BCUT2D eigenvalue weighted by Gasteiger charge is 2.53. The Morgan fingerprint density at radius 1 is 0.291 bits per heavy atom. The molecule has 1 atom stereocenters. The minimum Gasteiger partial charge on any atom is -0.457 e. The summed E-state index contributed by atoms with van der Waals surface area (Å²) >= 11 is 0. The first-order valence-electron chi connectivity index (χ1n) is 19.2. The molecule has 1 aliphatic heterocycles. The van der Waals surface area contributed by atoms with Crippen LogP contribution < -0.4 is 4.74 Å². The molecule has 9 aromatic carbocycles. The largest absolute Gasteiger partial charge is 0.457 e. The van der Waals surface area contributed by atoms with Gasteiger partial charge in [-0.3, -0.25) is 0 Å². The van der Waals surface area contributed by atoms with Gasteiger partial charge in [0.1, 0.15) is 11.5 Å². The number of para-hydroxylation sites is 1. The molecule has 1 heterocycles. The normalized spacial score (nSPS) is 16.4. The summed E-state index contributed by atoms with van der Waals surface area (Å²) in [4.78, 5) is 0. The van der Waals surface area contributed by atoms with Gasteiger partial charge in [-0.2, -0.15) is 0 Å². The predicted molar refractivity (Wildman–Crippen MR) is 224 cm³/mol. The number of fused-ring (bicyclic) bond motifs is 13. The summed E-state index contributed by atoms with van der Waals surface area (Å²) in [6.45, 7) is 0. The van der Waals surface area contributed by atoms with E-state index in [1.165, 1.54) is 72.0 Å². The summed E-state index contributed by atoms with van der Waals surface area (Å²) in [6, 6.07) is 76.1. The van der Waals surface area contributed by atoms with Gasteiger partial charge < -0.3 is 4.74 Å². The van der Waals surface area contributed by atoms with Crippen molar-refractivity contribution in [1.29, 1.82) is 0 Å². The lowest BCUT2D eigenvalue weighted by Gasteiger charge is -2.41. The third kappa shape index (κ3) is 3.92. The molecular formula is C54H34O. The summed E-state index contributed by atoms with van der Waals surface area (Å²) in [7, 11) is 0. The SMILES string of the molecule is c1ccc(C2(c3ccccc3)c3ccccc3Oc3cc(-c4cccc5c4C4(c6ccccc6-c6cc7ccccc7cc64)c4ccccc4-5)ccc32)cc1. The van der Waals surface area contributed by atoms with Gasteiger partial charge in [0.05, 0.1) is 10.8 Å². The van der Waals surface area contributed by atoms with E-state index in [-0.39, 0.29) is 0 Å². The number of hydrogen-bond donors (Lipinski definition) is 0. The van der Waals surface area contributed by atoms with Crippen LogP contribution in [0.4, 0.5) is 0 Å². The Morgan fingerprint density at radius 2 is 0.818 bits per heavy atom. The van der Waals surface area contributed by atoms with Crippen LogP contribution in [0.3, 0.4) is 0 Å². The molecule has 0 N–H and O–H groups in total. The molecule has 0 amide bonds. The van der Waals surface area contributed by atoms with E-state index in [1.807, 2.05) is 0 Å². The van der Waals surface area contributed by atoms with Crippen LogP contribution >= 0.6 is 0 Å². The Bertz CT molecular complexity index is 2970. The number of ether oxygens (including phenoxy) is 1. The second-order valence-electron chi connectivity index (χ2n) is 15.1. The van der Waals surface area contributed by atoms with Crippen LogP contribution in [0.2, 0.25) is 0 Å². The van der Waals surface area contributed by atoms with E-state index in [0.717, 1.165) is 28.2 Å². The Kier molecular flexibility index (Phi) is 6.25. The van der Waals surface area contributed by atoms with Crippen molar-refractivity contribution < 1.29 is 4.74 Å². The molecule has 256 valence electrons. The fraction of sp³-hybridized carbons (Fsp3) is 0.0370. The summed E-state index contributed by atoms with van der Waals surface area (Å²) in [5.41, 5.74) is 16.6. The average Bonchev–Trinajstić information content (AvgIpc) is 3.72. The molecule has 0 bridgehead atoms. The molecule has 1 spiro atoms. The van der Waals surface area contributed by atoms with Crippen molar-refractivity contribution in [3.05, 3.63) is 251 Å². The van der Waals surface area contributed by atoms with Gasteiger partial charge in [-0.05, 0) is 102 Å². The zero-order valence-electron chi connectivity index (χ0n) is 30.0. The second-order valence-corrected chi connectivity index (χ2v) is 15.1. The lowest BCUT2D eigenvalue weighted by Crippen LogP contribution is -2.34. The van der Waals surface area contributed by atoms with Crippen LogP contribution in [0.15, 0.2) is 206 Å². The first-order chi connectivity index (χ1) is 27.3. The summed E-state index contributed by atoms with van der Waals surface area (Å²) in [6.07, 6.45) is 0. The summed E-state index contributed by atoms with van der Waals surface area (Å²) in [5, 5.41) is 2.52. The van der Waals surface area contributed by atoms with E-state index in [0.29, 0.717) is 0 Å². The third-order valence-electron chi connectivity index (χ3n) is 12.6. The van der Waals surface area contributed by atoms with Gasteiger partial charge in [-0.15, -0.1) is 0 Å². The second kappa shape index (κ2) is 11.3. The van der Waals surface area contributed by atoms with Crippen molar-refractivity contribution in [2.75, 3.05) is 0 Å². The van der Waals surface area contributed by atoms with Crippen LogP contribution in [0.25, 0.3) is 44.2 Å². The molecule has 0 saturated heterocycles. The highest BCUT2D eigenvalue weighted by molar-refractivity contribution is 6.02. The fourth-order valence-corrected chi connectivity index (χ4v) is 10.5. The van der Waals surface area contributed by atoms with Gasteiger partial charge in [0, 0.05) is 11.1 Å². The van der Waals surface area contributed by atoms with Crippen molar-refractivity contribution in [3.63, 3.8) is 0 Å². The summed E-state index contributed by atoms with van der Waals surface area (Å²) < 4.78 is 7.00. The predicted octanol–water partition coefficient (Wildman–Crippen LogP) is 13.3. The van der Waals surface area contributed by atoms with Crippen molar-refractivity contribution in [2.24, 2.45) is 0 Å². The van der Waals surface area contributed by atoms with E-state index < -0.39 is 10.8 Å². The molecule has 0 saturated carbocycles. The first-order valence-corrected chi connectivity index (χ1v) is 19.2. The van der Waals surface area contributed by atoms with Crippen LogP contribution in [-0.2, 0) is 10.8 Å². The maximum Gasteiger partial charge on any atom is 0.132 e. The average molecular weight is 699 g/mol. The first kappa shape index (κ1) is 30.5. The Balaban J connectivity index is 1.16. The molecule has 0 fully saturated rings. The third-order valence-corrected chi connectivity index (χ3v) is 12.6. The highest BCUT2D eigenvalue weighted by Crippen LogP contribution is 2.65. The molecule has 12 rings (SSSR count). The number of hydrogen-bond acceptors (Lipinski definition) is 1. The zero-order chi connectivity index (χ0) is 36.1. The topological polar surface area (TPSA) is 9.23 Å². The molecule has 3 aliphatic rings. The van der Waals surface area contributed by atoms with Crippen LogP contribution in [0.1, 0.15) is 44.5 Å². The zero-order valence-corrected chi connectivity index (χ0v) is 30.0. The van der Waals surface area contributed by atoms with Gasteiger partial charge in [0.15, 0.2) is 0 Å². The highest BCUT2D eigenvalue weighted by atomic mass is 16.5. The monoisotopic (exact) mass is 698 g/mol. The van der Waals surface area contributed by atoms with E-state index in [2.05, 4.69) is 206 Å². The van der Waals surface area contributed by atoms with E-state index in [9.17, 15) is 0 Å². The van der Waals surface area contributed by atoms with Gasteiger partial charge >= 0.3 is 0 Å². The minimum atomic E-state index is -0.564. The lowest BCUT2D eigenvalue weighted by atomic mass is 9.63. The minimum absolute atomic E-state index is 0.486. The summed E-state index contributed by atoms with van der Waals surface area (Å²) in [5.74, 6) is 1.76. The van der Waals surface area contributed by atoms with E-state index >= 15 is 0 Å². The maximum atomic E-state index is 7.00. The molecule has 1 heteroatoms. The van der Waals surface area contributed by atoms with Gasteiger partial charge in [-0.1, -0.05) is 182 Å². The molecule has 55 heavy (non-hydrogen) atoms. The van der Waals surface area contributed by atoms with E-state index in [1.54, 1.807) is 0 Å². The van der Waals surface area contributed by atoms with Gasteiger partial charge in [-0.25, -0.2) is 0 Å². The van der Waals surface area contributed by atoms with E-state index in [4.69, 9.17) is 4.74 Å².